The van der Waals surface area contributed by atoms with Crippen molar-refractivity contribution in [2.45, 2.75) is 32.9 Å². The zero-order chi connectivity index (χ0) is 34.2. The largest absolute Gasteiger partial charge is 0.351 e. The van der Waals surface area contributed by atoms with Crippen molar-refractivity contribution in [3.63, 3.8) is 0 Å². The number of carbonyl (C=O) groups excluding carboxylic acids is 2. The molecule has 2 aromatic heterocycles. The van der Waals surface area contributed by atoms with E-state index in [9.17, 15) is 20.1 Å². The van der Waals surface area contributed by atoms with Crippen LogP contribution in [0.4, 0.5) is 0 Å². The van der Waals surface area contributed by atoms with Gasteiger partial charge in [0.15, 0.2) is 0 Å². The molecule has 0 aliphatic carbocycles. The number of hydrogen-bond donors (Lipinski definition) is 2. The summed E-state index contributed by atoms with van der Waals surface area (Å²) < 4.78 is 4.11. The van der Waals surface area contributed by atoms with Gasteiger partial charge in [0.2, 0.25) is 0 Å². The number of aromatic nitrogens is 2. The van der Waals surface area contributed by atoms with Gasteiger partial charge in [-0.1, -0.05) is 53.0 Å². The van der Waals surface area contributed by atoms with Crippen LogP contribution < -0.4 is 10.6 Å². The van der Waals surface area contributed by atoms with Crippen LogP contribution in [0.5, 0.6) is 0 Å². The molecule has 10 heteroatoms. The smallest absolute Gasteiger partial charge is 0.267 e. The second kappa shape index (κ2) is 13.2. The molecular formula is C39H30Cl2N6O2. The van der Waals surface area contributed by atoms with Crippen LogP contribution in [0.15, 0.2) is 78.9 Å². The van der Waals surface area contributed by atoms with Crippen LogP contribution in [-0.4, -0.2) is 34.0 Å². The SMILES string of the molecule is Cc1ccc(-c2cc(C#N)cc3cc4n(c23)CCCNC4=O)cc1.N#Cc1cc(-c2cc(Cl)cc(Cl)c2)c2c(c1)cc1n2CCCNC1=O. The molecule has 0 radical (unpaired) electrons. The molecule has 8 nitrogen and oxygen atoms in total. The summed E-state index contributed by atoms with van der Waals surface area (Å²) in [6, 6.07) is 29.2. The highest BCUT2D eigenvalue weighted by Gasteiger charge is 2.23. The quantitative estimate of drug-likeness (QED) is 0.191. The fourth-order valence-electron chi connectivity index (χ4n) is 6.74. The molecule has 8 rings (SSSR count). The molecule has 0 saturated carbocycles. The first-order chi connectivity index (χ1) is 23.7. The van der Waals surface area contributed by atoms with E-state index in [0.29, 0.717) is 45.6 Å². The van der Waals surface area contributed by atoms with Gasteiger partial charge >= 0.3 is 0 Å². The Balaban J connectivity index is 0.000000154. The Kier molecular flexibility index (Phi) is 8.60. The molecule has 0 bridgehead atoms. The maximum absolute atomic E-state index is 12.3. The normalized spacial score (nSPS) is 13.9. The average Bonchev–Trinajstić information content (AvgIpc) is 3.53. The number of hydrogen-bond acceptors (Lipinski definition) is 4. The lowest BCUT2D eigenvalue weighted by atomic mass is 9.99. The molecule has 0 unspecified atom stereocenters. The lowest BCUT2D eigenvalue weighted by Gasteiger charge is -2.11. The second-order valence-corrected chi connectivity index (χ2v) is 13.1. The van der Waals surface area contributed by atoms with Crippen LogP contribution in [-0.2, 0) is 13.1 Å². The summed E-state index contributed by atoms with van der Waals surface area (Å²) in [6.45, 7) is 4.92. The predicted octanol–water partition coefficient (Wildman–Crippen LogP) is 8.24. The monoisotopic (exact) mass is 684 g/mol. The maximum Gasteiger partial charge on any atom is 0.267 e. The number of benzene rings is 4. The van der Waals surface area contributed by atoms with Crippen LogP contribution in [0.1, 0.15) is 50.5 Å². The third-order valence-corrected chi connectivity index (χ3v) is 9.37. The van der Waals surface area contributed by atoms with E-state index in [-0.39, 0.29) is 11.8 Å². The van der Waals surface area contributed by atoms with E-state index in [0.717, 1.165) is 70.0 Å². The van der Waals surface area contributed by atoms with Crippen molar-refractivity contribution in [2.24, 2.45) is 0 Å². The molecule has 49 heavy (non-hydrogen) atoms. The Hall–Kier alpha value is -5.54. The minimum Gasteiger partial charge on any atom is -0.351 e. The molecule has 0 saturated heterocycles. The number of fused-ring (bicyclic) bond motifs is 6. The minimum absolute atomic E-state index is 0.0444. The standard InChI is InChI=1S/C20H17N3O.C19H13Cl2N3O/c1-13-3-5-15(6-4-13)17-10-14(12-21)9-16-11-18-20(24)22-7-2-8-23(18)19(16)17;20-14-6-12(7-15(21)9-14)16-5-11(10-22)4-13-8-17-19(25)23-2-1-3-24(17)18(13)16/h3-6,9-11H,2,7-8H2,1H3,(H,22,24);4-9H,1-3H2,(H,23,25). The second-order valence-electron chi connectivity index (χ2n) is 12.3. The lowest BCUT2D eigenvalue weighted by molar-refractivity contribution is 0.0943. The summed E-state index contributed by atoms with van der Waals surface area (Å²) in [4.78, 5) is 24.7. The summed E-state index contributed by atoms with van der Waals surface area (Å²) >= 11 is 12.3. The lowest BCUT2D eigenvalue weighted by Crippen LogP contribution is -2.22. The molecular weight excluding hydrogens is 655 g/mol. The van der Waals surface area contributed by atoms with E-state index in [4.69, 9.17) is 23.2 Å². The van der Waals surface area contributed by atoms with Crippen molar-refractivity contribution in [3.05, 3.63) is 117 Å². The van der Waals surface area contributed by atoms with Crippen LogP contribution in [0.3, 0.4) is 0 Å². The van der Waals surface area contributed by atoms with Gasteiger partial charge in [0.05, 0.1) is 34.3 Å². The zero-order valence-corrected chi connectivity index (χ0v) is 28.1. The Morgan fingerprint density at radius 3 is 1.57 bits per heavy atom. The topological polar surface area (TPSA) is 116 Å². The highest BCUT2D eigenvalue weighted by molar-refractivity contribution is 6.35. The predicted molar refractivity (Wildman–Crippen MR) is 193 cm³/mol. The zero-order valence-electron chi connectivity index (χ0n) is 26.6. The summed E-state index contributed by atoms with van der Waals surface area (Å²) in [5.74, 6) is -0.139. The molecule has 0 spiro atoms. The van der Waals surface area contributed by atoms with Gasteiger partial charge in [-0.25, -0.2) is 0 Å². The van der Waals surface area contributed by atoms with Crippen LogP contribution >= 0.6 is 23.2 Å². The average molecular weight is 686 g/mol. The molecule has 2 N–H and O–H groups in total. The Bertz CT molecular complexity index is 2370. The molecule has 2 aliphatic heterocycles. The number of rotatable bonds is 2. The van der Waals surface area contributed by atoms with Crippen molar-refractivity contribution in [2.75, 3.05) is 13.1 Å². The van der Waals surface area contributed by atoms with Crippen molar-refractivity contribution in [3.8, 4) is 34.4 Å². The van der Waals surface area contributed by atoms with Gasteiger partial charge in [0.25, 0.3) is 11.8 Å². The van der Waals surface area contributed by atoms with Gasteiger partial charge < -0.3 is 19.8 Å². The molecule has 4 aromatic carbocycles. The van der Waals surface area contributed by atoms with Gasteiger partial charge in [-0.05, 0) is 85.5 Å². The number of nitriles is 2. The summed E-state index contributed by atoms with van der Waals surface area (Å²) in [5, 5.41) is 27.5. The van der Waals surface area contributed by atoms with E-state index < -0.39 is 0 Å². The summed E-state index contributed by atoms with van der Waals surface area (Å²) in [7, 11) is 0. The van der Waals surface area contributed by atoms with Gasteiger partial charge in [-0.15, -0.1) is 0 Å². The van der Waals surface area contributed by atoms with Crippen molar-refractivity contribution in [1.82, 2.24) is 19.8 Å². The highest BCUT2D eigenvalue weighted by atomic mass is 35.5. The van der Waals surface area contributed by atoms with Gasteiger partial charge in [-0.3, -0.25) is 9.59 Å². The Labute approximate surface area is 293 Å². The third-order valence-electron chi connectivity index (χ3n) is 8.93. The number of aryl methyl sites for hydroxylation is 3. The van der Waals surface area contributed by atoms with Crippen LogP contribution in [0, 0.1) is 29.6 Å². The Morgan fingerprint density at radius 1 is 0.633 bits per heavy atom. The van der Waals surface area contributed by atoms with Gasteiger partial charge in [0, 0.05) is 58.1 Å². The van der Waals surface area contributed by atoms with E-state index in [1.54, 1.807) is 12.1 Å². The highest BCUT2D eigenvalue weighted by Crippen LogP contribution is 2.36. The number of halogens is 2. The first-order valence-corrected chi connectivity index (χ1v) is 16.7. The molecule has 2 aliphatic rings. The van der Waals surface area contributed by atoms with Gasteiger partial charge in [0.1, 0.15) is 11.4 Å². The van der Waals surface area contributed by atoms with E-state index >= 15 is 0 Å². The maximum atomic E-state index is 12.3. The van der Waals surface area contributed by atoms with E-state index in [2.05, 4.69) is 58.5 Å². The Morgan fingerprint density at radius 2 is 1.10 bits per heavy atom. The molecule has 4 heterocycles. The number of nitrogens with one attached hydrogen (secondary N) is 2. The summed E-state index contributed by atoms with van der Waals surface area (Å²) in [5.41, 5.74) is 9.30. The first kappa shape index (κ1) is 32.0. The van der Waals surface area contributed by atoms with Gasteiger partial charge in [-0.2, -0.15) is 10.5 Å². The van der Waals surface area contributed by atoms with Crippen LogP contribution in [0.25, 0.3) is 44.1 Å². The molecule has 6 aromatic rings. The van der Waals surface area contributed by atoms with Crippen LogP contribution in [0.2, 0.25) is 10.0 Å². The molecule has 2 amide bonds. The van der Waals surface area contributed by atoms with Crippen molar-refractivity contribution in [1.29, 1.82) is 10.5 Å². The minimum atomic E-state index is -0.0951. The summed E-state index contributed by atoms with van der Waals surface area (Å²) in [6.07, 6.45) is 1.74. The fourth-order valence-corrected chi connectivity index (χ4v) is 7.27. The number of carbonyl (C=O) groups is 2. The third kappa shape index (κ3) is 6.13. The number of nitrogens with zero attached hydrogens (tertiary/aromatic N) is 4. The van der Waals surface area contributed by atoms with Crippen molar-refractivity contribution >= 4 is 56.8 Å². The fraction of sp³-hybridized carbons (Fsp3) is 0.179. The first-order valence-electron chi connectivity index (χ1n) is 16.0. The van der Waals surface area contributed by atoms with Crippen molar-refractivity contribution < 1.29 is 9.59 Å². The molecule has 0 atom stereocenters. The molecule has 0 fully saturated rings. The molecule has 242 valence electrons. The van der Waals surface area contributed by atoms with E-state index in [1.165, 1.54) is 5.56 Å². The van der Waals surface area contributed by atoms with E-state index in [1.807, 2.05) is 47.0 Å². The number of amides is 2.